The number of anilines is 1. The molecule has 1 aromatic heterocycles. The van der Waals surface area contributed by atoms with Gasteiger partial charge in [0.25, 0.3) is 0 Å². The summed E-state index contributed by atoms with van der Waals surface area (Å²) in [5.74, 6) is 0. The average molecular weight is 212 g/mol. The number of benzene rings is 1. The van der Waals surface area contributed by atoms with Crippen LogP contribution in [0, 0.1) is 20.8 Å². The summed E-state index contributed by atoms with van der Waals surface area (Å²) in [4.78, 5) is 4.41. The van der Waals surface area contributed by atoms with Crippen LogP contribution in [0.25, 0.3) is 11.3 Å². The lowest BCUT2D eigenvalue weighted by molar-refractivity contribution is 1.26. The zero-order valence-electron chi connectivity index (χ0n) is 9.91. The van der Waals surface area contributed by atoms with Crippen molar-refractivity contribution in [3.05, 3.63) is 47.2 Å². The molecule has 0 unspecified atom stereocenters. The molecule has 0 amide bonds. The first-order valence-electron chi connectivity index (χ1n) is 5.37. The van der Waals surface area contributed by atoms with E-state index in [0.29, 0.717) is 0 Å². The number of nitrogen functional groups attached to an aromatic ring is 1. The fourth-order valence-electron chi connectivity index (χ4n) is 1.90. The van der Waals surface area contributed by atoms with Crippen LogP contribution in [-0.2, 0) is 0 Å². The van der Waals surface area contributed by atoms with Crippen molar-refractivity contribution < 1.29 is 0 Å². The number of pyridine rings is 1. The maximum Gasteiger partial charge on any atom is 0.0933 e. The number of nitrogens with zero attached hydrogens (tertiary/aromatic N) is 1. The standard InChI is InChI=1S/C14H16N2/c1-9-4-5-12(11(3)6-9)14-13(15)7-10(2)8-16-14/h4-8H,15H2,1-3H3. The van der Waals surface area contributed by atoms with Crippen molar-refractivity contribution in [1.82, 2.24) is 4.98 Å². The van der Waals surface area contributed by atoms with Crippen LogP contribution >= 0.6 is 0 Å². The summed E-state index contributed by atoms with van der Waals surface area (Å²) >= 11 is 0. The Hall–Kier alpha value is -1.83. The largest absolute Gasteiger partial charge is 0.397 e. The predicted molar refractivity (Wildman–Crippen MR) is 68.3 cm³/mol. The number of nitrogens with two attached hydrogens (primary N) is 1. The second kappa shape index (κ2) is 3.97. The van der Waals surface area contributed by atoms with Crippen molar-refractivity contribution in [2.75, 3.05) is 5.73 Å². The molecule has 0 aliphatic carbocycles. The fourth-order valence-corrected chi connectivity index (χ4v) is 1.90. The summed E-state index contributed by atoms with van der Waals surface area (Å²) in [6.07, 6.45) is 1.85. The molecule has 0 saturated carbocycles. The van der Waals surface area contributed by atoms with E-state index in [1.165, 1.54) is 11.1 Å². The molecule has 2 rings (SSSR count). The molecule has 0 bridgehead atoms. The third kappa shape index (κ3) is 1.91. The molecule has 0 saturated heterocycles. The maximum absolute atomic E-state index is 6.00. The van der Waals surface area contributed by atoms with Crippen molar-refractivity contribution in [2.45, 2.75) is 20.8 Å². The molecule has 0 spiro atoms. The molecule has 0 aliphatic rings. The van der Waals surface area contributed by atoms with Crippen LogP contribution in [0.3, 0.4) is 0 Å². The number of hydrogen-bond acceptors (Lipinski definition) is 2. The summed E-state index contributed by atoms with van der Waals surface area (Å²) in [6.45, 7) is 6.17. The van der Waals surface area contributed by atoms with E-state index in [1.807, 2.05) is 19.2 Å². The van der Waals surface area contributed by atoms with E-state index in [1.54, 1.807) is 0 Å². The van der Waals surface area contributed by atoms with Crippen molar-refractivity contribution >= 4 is 5.69 Å². The molecule has 16 heavy (non-hydrogen) atoms. The van der Waals surface area contributed by atoms with Crippen LogP contribution in [0.2, 0.25) is 0 Å². The molecule has 1 aromatic carbocycles. The Kier molecular flexibility index (Phi) is 2.65. The Morgan fingerprint density at radius 1 is 1.00 bits per heavy atom. The Balaban J connectivity index is 2.59. The molecule has 2 nitrogen and oxygen atoms in total. The van der Waals surface area contributed by atoms with E-state index in [-0.39, 0.29) is 0 Å². The molecular formula is C14H16N2. The van der Waals surface area contributed by atoms with Crippen LogP contribution < -0.4 is 5.73 Å². The van der Waals surface area contributed by atoms with Gasteiger partial charge in [-0.2, -0.15) is 0 Å². The molecule has 0 radical (unpaired) electrons. The number of hydrogen-bond donors (Lipinski definition) is 1. The summed E-state index contributed by atoms with van der Waals surface area (Å²) in [6, 6.07) is 8.28. The molecule has 0 atom stereocenters. The van der Waals surface area contributed by atoms with Gasteiger partial charge in [0, 0.05) is 11.8 Å². The molecule has 82 valence electrons. The number of rotatable bonds is 1. The summed E-state index contributed by atoms with van der Waals surface area (Å²) < 4.78 is 0. The van der Waals surface area contributed by atoms with Crippen molar-refractivity contribution in [3.63, 3.8) is 0 Å². The van der Waals surface area contributed by atoms with Gasteiger partial charge in [0.15, 0.2) is 0 Å². The highest BCUT2D eigenvalue weighted by atomic mass is 14.7. The monoisotopic (exact) mass is 212 g/mol. The van der Waals surface area contributed by atoms with Crippen LogP contribution in [0.5, 0.6) is 0 Å². The molecule has 0 fully saturated rings. The van der Waals surface area contributed by atoms with E-state index in [2.05, 4.69) is 37.0 Å². The van der Waals surface area contributed by atoms with Gasteiger partial charge >= 0.3 is 0 Å². The molecule has 2 aromatic rings. The first-order chi connectivity index (χ1) is 7.58. The van der Waals surface area contributed by atoms with Gasteiger partial charge in [-0.3, -0.25) is 4.98 Å². The summed E-state index contributed by atoms with van der Waals surface area (Å²) in [5, 5.41) is 0. The van der Waals surface area contributed by atoms with E-state index in [0.717, 1.165) is 22.5 Å². The quantitative estimate of drug-likeness (QED) is 0.788. The van der Waals surface area contributed by atoms with Gasteiger partial charge in [-0.05, 0) is 38.0 Å². The highest BCUT2D eigenvalue weighted by molar-refractivity contribution is 5.75. The molecular weight excluding hydrogens is 196 g/mol. The Labute approximate surface area is 96.1 Å². The van der Waals surface area contributed by atoms with E-state index < -0.39 is 0 Å². The molecule has 0 aliphatic heterocycles. The highest BCUT2D eigenvalue weighted by Crippen LogP contribution is 2.27. The highest BCUT2D eigenvalue weighted by Gasteiger charge is 2.07. The van der Waals surface area contributed by atoms with Crippen molar-refractivity contribution in [1.29, 1.82) is 0 Å². The van der Waals surface area contributed by atoms with Gasteiger partial charge in [0.2, 0.25) is 0 Å². The number of aromatic nitrogens is 1. The minimum Gasteiger partial charge on any atom is -0.397 e. The summed E-state index contributed by atoms with van der Waals surface area (Å²) in [7, 11) is 0. The minimum atomic E-state index is 0.743. The Morgan fingerprint density at radius 3 is 2.38 bits per heavy atom. The van der Waals surface area contributed by atoms with Crippen molar-refractivity contribution in [2.24, 2.45) is 0 Å². The summed E-state index contributed by atoms with van der Waals surface area (Å²) in [5.41, 5.74) is 12.3. The average Bonchev–Trinajstić information content (AvgIpc) is 2.19. The van der Waals surface area contributed by atoms with Gasteiger partial charge in [0.1, 0.15) is 0 Å². The normalized spacial score (nSPS) is 10.4. The Bertz CT molecular complexity index is 481. The van der Waals surface area contributed by atoms with Crippen molar-refractivity contribution in [3.8, 4) is 11.3 Å². The third-order valence-corrected chi connectivity index (χ3v) is 2.69. The minimum absolute atomic E-state index is 0.743. The number of aryl methyl sites for hydroxylation is 3. The van der Waals surface area contributed by atoms with Crippen LogP contribution in [-0.4, -0.2) is 4.98 Å². The van der Waals surface area contributed by atoms with Crippen LogP contribution in [0.1, 0.15) is 16.7 Å². The predicted octanol–water partition coefficient (Wildman–Crippen LogP) is 3.26. The topological polar surface area (TPSA) is 38.9 Å². The lowest BCUT2D eigenvalue weighted by Gasteiger charge is -2.09. The SMILES string of the molecule is Cc1ccc(-c2ncc(C)cc2N)c(C)c1. The molecule has 2 heteroatoms. The van der Waals surface area contributed by atoms with Crippen LogP contribution in [0.4, 0.5) is 5.69 Å². The van der Waals surface area contributed by atoms with Gasteiger partial charge in [0.05, 0.1) is 11.4 Å². The second-order valence-electron chi connectivity index (χ2n) is 4.27. The smallest absolute Gasteiger partial charge is 0.0933 e. The van der Waals surface area contributed by atoms with E-state index in [9.17, 15) is 0 Å². The molecule has 1 heterocycles. The lowest BCUT2D eigenvalue weighted by atomic mass is 10.0. The van der Waals surface area contributed by atoms with Gasteiger partial charge in [-0.15, -0.1) is 0 Å². The van der Waals surface area contributed by atoms with Gasteiger partial charge in [-0.1, -0.05) is 23.8 Å². The Morgan fingerprint density at radius 2 is 1.75 bits per heavy atom. The fraction of sp³-hybridized carbons (Fsp3) is 0.214. The van der Waals surface area contributed by atoms with Gasteiger partial charge < -0.3 is 5.73 Å². The van der Waals surface area contributed by atoms with E-state index in [4.69, 9.17) is 5.73 Å². The van der Waals surface area contributed by atoms with Crippen LogP contribution in [0.15, 0.2) is 30.5 Å². The van der Waals surface area contributed by atoms with Gasteiger partial charge in [-0.25, -0.2) is 0 Å². The zero-order valence-corrected chi connectivity index (χ0v) is 9.91. The molecule has 2 N–H and O–H groups in total. The second-order valence-corrected chi connectivity index (χ2v) is 4.27. The lowest BCUT2D eigenvalue weighted by Crippen LogP contribution is -1.96. The van der Waals surface area contributed by atoms with E-state index >= 15 is 0 Å². The first kappa shape index (κ1) is 10.7. The first-order valence-corrected chi connectivity index (χ1v) is 5.37. The third-order valence-electron chi connectivity index (χ3n) is 2.69. The zero-order chi connectivity index (χ0) is 11.7. The maximum atomic E-state index is 6.00.